The molecule has 0 aromatic heterocycles. The molecular weight excluding hydrogens is 230 g/mol. The van der Waals surface area contributed by atoms with E-state index in [1.54, 1.807) is 33.2 Å². The molecule has 0 saturated heterocycles. The van der Waals surface area contributed by atoms with Gasteiger partial charge in [-0.25, -0.2) is 0 Å². The molecule has 2 atom stereocenters. The zero-order chi connectivity index (χ0) is 13.7. The molecule has 1 rings (SSSR count). The van der Waals surface area contributed by atoms with E-state index < -0.39 is 12.2 Å². The van der Waals surface area contributed by atoms with E-state index in [0.717, 1.165) is 5.56 Å². The quantitative estimate of drug-likeness (QED) is 0.870. The zero-order valence-corrected chi connectivity index (χ0v) is 11.4. The molecule has 1 aromatic rings. The van der Waals surface area contributed by atoms with Crippen LogP contribution < -0.4 is 4.74 Å². The van der Waals surface area contributed by atoms with Gasteiger partial charge < -0.3 is 14.7 Å². The minimum absolute atomic E-state index is 0.0762. The number of hydrogen-bond donors (Lipinski definition) is 1. The third kappa shape index (κ3) is 3.74. The Bertz CT molecular complexity index is 387. The van der Waals surface area contributed by atoms with E-state index in [1.807, 2.05) is 19.1 Å². The average Bonchev–Trinajstić information content (AvgIpc) is 2.37. The van der Waals surface area contributed by atoms with Crippen LogP contribution in [-0.4, -0.2) is 36.1 Å². The van der Waals surface area contributed by atoms with Crippen LogP contribution in [0.4, 0.5) is 0 Å². The molecule has 0 bridgehead atoms. The third-order valence-electron chi connectivity index (χ3n) is 2.75. The fraction of sp³-hybridized carbons (Fsp3) is 0.500. The Morgan fingerprint density at radius 2 is 1.89 bits per heavy atom. The number of carbonyl (C=O) groups is 1. The lowest BCUT2D eigenvalue weighted by atomic mass is 10.1. The van der Waals surface area contributed by atoms with Crippen LogP contribution in [0.25, 0.3) is 0 Å². The van der Waals surface area contributed by atoms with Crippen molar-refractivity contribution in [1.82, 2.24) is 4.90 Å². The van der Waals surface area contributed by atoms with E-state index in [1.165, 1.54) is 4.90 Å². The molecule has 0 spiro atoms. The molecule has 2 unspecified atom stereocenters. The Hall–Kier alpha value is -1.55. The molecule has 0 aliphatic carbocycles. The summed E-state index contributed by atoms with van der Waals surface area (Å²) in [5.74, 6) is 0.553. The summed E-state index contributed by atoms with van der Waals surface area (Å²) in [5, 5.41) is 9.66. The Morgan fingerprint density at radius 1 is 1.33 bits per heavy atom. The van der Waals surface area contributed by atoms with Crippen LogP contribution in [0.3, 0.4) is 0 Å². The number of benzene rings is 1. The van der Waals surface area contributed by atoms with Gasteiger partial charge in [-0.3, -0.25) is 4.79 Å². The molecule has 0 saturated carbocycles. The van der Waals surface area contributed by atoms with Gasteiger partial charge in [-0.2, -0.15) is 0 Å². The summed E-state index contributed by atoms with van der Waals surface area (Å²) in [7, 11) is 3.39. The number of carbonyl (C=O) groups excluding carboxylic acids is 1. The molecule has 100 valence electrons. The van der Waals surface area contributed by atoms with E-state index >= 15 is 0 Å². The minimum Gasteiger partial charge on any atom is -0.481 e. The zero-order valence-electron chi connectivity index (χ0n) is 11.4. The van der Waals surface area contributed by atoms with Gasteiger partial charge in [0.1, 0.15) is 5.75 Å². The number of amides is 1. The highest BCUT2D eigenvalue weighted by Gasteiger charge is 2.16. The van der Waals surface area contributed by atoms with Crippen molar-refractivity contribution in [3.8, 4) is 5.75 Å². The lowest BCUT2D eigenvalue weighted by Crippen LogP contribution is -2.35. The van der Waals surface area contributed by atoms with Gasteiger partial charge in [-0.1, -0.05) is 19.1 Å². The molecule has 18 heavy (non-hydrogen) atoms. The van der Waals surface area contributed by atoms with Crippen LogP contribution >= 0.6 is 0 Å². The summed E-state index contributed by atoms with van der Waals surface area (Å²) < 4.78 is 5.53. The molecule has 4 nitrogen and oxygen atoms in total. The first-order valence-corrected chi connectivity index (χ1v) is 6.11. The van der Waals surface area contributed by atoms with Gasteiger partial charge in [0.05, 0.1) is 6.10 Å². The van der Waals surface area contributed by atoms with Gasteiger partial charge in [0, 0.05) is 14.1 Å². The molecule has 1 aromatic carbocycles. The van der Waals surface area contributed by atoms with Crippen molar-refractivity contribution in [1.29, 1.82) is 0 Å². The minimum atomic E-state index is -0.512. The van der Waals surface area contributed by atoms with Crippen LogP contribution in [0, 0.1) is 0 Å². The lowest BCUT2D eigenvalue weighted by Gasteiger charge is -2.18. The molecule has 0 radical (unpaired) electrons. The highest BCUT2D eigenvalue weighted by Crippen LogP contribution is 2.20. The van der Waals surface area contributed by atoms with Crippen molar-refractivity contribution in [2.75, 3.05) is 14.1 Å². The van der Waals surface area contributed by atoms with Gasteiger partial charge in [0.15, 0.2) is 6.10 Å². The highest BCUT2D eigenvalue weighted by molar-refractivity contribution is 5.80. The molecule has 0 aliphatic rings. The number of rotatable bonds is 5. The molecule has 0 heterocycles. The summed E-state index contributed by atoms with van der Waals surface area (Å²) in [4.78, 5) is 13.1. The molecular formula is C14H21NO3. The van der Waals surface area contributed by atoms with Gasteiger partial charge in [-0.15, -0.1) is 0 Å². The summed E-state index contributed by atoms with van der Waals surface area (Å²) in [6.07, 6.45) is -0.280. The molecule has 1 N–H and O–H groups in total. The normalized spacial score (nSPS) is 13.8. The fourth-order valence-electron chi connectivity index (χ4n) is 1.62. The van der Waals surface area contributed by atoms with Crippen molar-refractivity contribution >= 4 is 5.91 Å². The van der Waals surface area contributed by atoms with Crippen molar-refractivity contribution in [3.63, 3.8) is 0 Å². The average molecular weight is 251 g/mol. The van der Waals surface area contributed by atoms with E-state index in [9.17, 15) is 9.90 Å². The van der Waals surface area contributed by atoms with Crippen LogP contribution in [-0.2, 0) is 4.79 Å². The predicted octanol–water partition coefficient (Wildman–Crippen LogP) is 1.99. The highest BCUT2D eigenvalue weighted by atomic mass is 16.5. The Morgan fingerprint density at radius 3 is 2.33 bits per heavy atom. The van der Waals surface area contributed by atoms with Crippen LogP contribution in [0.1, 0.15) is 31.9 Å². The van der Waals surface area contributed by atoms with Crippen LogP contribution in [0.15, 0.2) is 24.3 Å². The number of aliphatic hydroxyl groups is 1. The van der Waals surface area contributed by atoms with Crippen molar-refractivity contribution in [2.24, 2.45) is 0 Å². The number of hydrogen-bond acceptors (Lipinski definition) is 3. The second kappa shape index (κ2) is 6.40. The first kappa shape index (κ1) is 14.5. The first-order valence-electron chi connectivity index (χ1n) is 6.11. The summed E-state index contributed by atoms with van der Waals surface area (Å²) in [6, 6.07) is 7.17. The molecule has 0 aliphatic heterocycles. The van der Waals surface area contributed by atoms with Crippen molar-refractivity contribution in [3.05, 3.63) is 29.8 Å². The smallest absolute Gasteiger partial charge is 0.262 e. The van der Waals surface area contributed by atoms with E-state index in [-0.39, 0.29) is 5.91 Å². The molecule has 1 amide bonds. The van der Waals surface area contributed by atoms with Crippen molar-refractivity contribution in [2.45, 2.75) is 32.5 Å². The topological polar surface area (TPSA) is 49.8 Å². The summed E-state index contributed by atoms with van der Waals surface area (Å²) in [6.45, 7) is 3.64. The maximum absolute atomic E-state index is 11.6. The predicted molar refractivity (Wildman–Crippen MR) is 70.5 cm³/mol. The standard InChI is InChI=1S/C14H21NO3/c1-5-13(16)11-6-8-12(9-7-11)18-10(2)14(17)15(3)4/h6-10,13,16H,5H2,1-4H3. The number of aliphatic hydroxyl groups excluding tert-OH is 1. The number of nitrogens with zero attached hydrogens (tertiary/aromatic N) is 1. The summed E-state index contributed by atoms with van der Waals surface area (Å²) >= 11 is 0. The van der Waals surface area contributed by atoms with Gasteiger partial charge in [0.2, 0.25) is 0 Å². The van der Waals surface area contributed by atoms with Gasteiger partial charge in [-0.05, 0) is 31.0 Å². The van der Waals surface area contributed by atoms with Crippen LogP contribution in [0.2, 0.25) is 0 Å². The van der Waals surface area contributed by atoms with Crippen molar-refractivity contribution < 1.29 is 14.6 Å². The SMILES string of the molecule is CCC(O)c1ccc(OC(C)C(=O)N(C)C)cc1. The van der Waals surface area contributed by atoms with Gasteiger partial charge >= 0.3 is 0 Å². The Labute approximate surface area is 108 Å². The van der Waals surface area contributed by atoms with E-state index in [0.29, 0.717) is 12.2 Å². The van der Waals surface area contributed by atoms with Crippen LogP contribution in [0.5, 0.6) is 5.75 Å². The largest absolute Gasteiger partial charge is 0.481 e. The number of likely N-dealkylation sites (N-methyl/N-ethyl adjacent to an activating group) is 1. The second-order valence-electron chi connectivity index (χ2n) is 4.49. The first-order chi connectivity index (χ1) is 8.45. The molecule has 0 fully saturated rings. The Balaban J connectivity index is 2.66. The second-order valence-corrected chi connectivity index (χ2v) is 4.49. The van der Waals surface area contributed by atoms with Gasteiger partial charge in [0.25, 0.3) is 5.91 Å². The summed E-state index contributed by atoms with van der Waals surface area (Å²) in [5.41, 5.74) is 0.858. The maximum Gasteiger partial charge on any atom is 0.262 e. The monoisotopic (exact) mass is 251 g/mol. The lowest BCUT2D eigenvalue weighted by molar-refractivity contribution is -0.135. The third-order valence-corrected chi connectivity index (χ3v) is 2.75. The number of ether oxygens (including phenoxy) is 1. The Kier molecular flexibility index (Phi) is 5.16. The molecule has 4 heteroatoms. The maximum atomic E-state index is 11.6. The van der Waals surface area contributed by atoms with E-state index in [4.69, 9.17) is 4.74 Å². The van der Waals surface area contributed by atoms with E-state index in [2.05, 4.69) is 0 Å². The fourth-order valence-corrected chi connectivity index (χ4v) is 1.62.